The third-order valence-electron chi connectivity index (χ3n) is 12.8. The molecule has 2 aromatic heterocycles. The minimum atomic E-state index is -0.386. The van der Waals surface area contributed by atoms with Crippen LogP contribution in [0.1, 0.15) is 40.4 Å². The average molecular weight is 756 g/mol. The lowest BCUT2D eigenvalue weighted by molar-refractivity contribution is 0.797. The van der Waals surface area contributed by atoms with Crippen LogP contribution in [0.25, 0.3) is 88.8 Å². The van der Waals surface area contributed by atoms with E-state index in [4.69, 9.17) is 15.0 Å². The lowest BCUT2D eigenvalue weighted by atomic mass is 9.70. The van der Waals surface area contributed by atoms with Gasteiger partial charge in [-0.05, 0) is 89.1 Å². The molecule has 0 bridgehead atoms. The van der Waals surface area contributed by atoms with Crippen molar-refractivity contribution in [2.24, 2.45) is 0 Å². The zero-order chi connectivity index (χ0) is 38.0. The molecule has 58 heavy (non-hydrogen) atoms. The summed E-state index contributed by atoms with van der Waals surface area (Å²) in [7, 11) is 0. The van der Waals surface area contributed by atoms with Crippen molar-refractivity contribution in [2.75, 3.05) is 0 Å². The number of aromatic nitrogens is 3. The number of hydrogen-bond donors (Lipinski definition) is 0. The van der Waals surface area contributed by atoms with Gasteiger partial charge in [0.25, 0.3) is 0 Å². The Morgan fingerprint density at radius 1 is 0.483 bits per heavy atom. The molecule has 0 saturated carbocycles. The van der Waals surface area contributed by atoms with E-state index in [0.717, 1.165) is 23.4 Å². The monoisotopic (exact) mass is 755 g/mol. The van der Waals surface area contributed by atoms with Gasteiger partial charge in [-0.2, -0.15) is 0 Å². The molecular weight excluding hydrogens is 723 g/mol. The molecule has 1 atom stereocenters. The maximum absolute atomic E-state index is 5.22. The second-order valence-corrected chi connectivity index (χ2v) is 16.9. The molecule has 3 aliphatic carbocycles. The number of nitrogens with zero attached hydrogens (tertiary/aromatic N) is 3. The quantitative estimate of drug-likeness (QED) is 0.168. The Morgan fingerprint density at radius 2 is 1.09 bits per heavy atom. The summed E-state index contributed by atoms with van der Waals surface area (Å²) in [5, 5.41) is 7.95. The maximum atomic E-state index is 5.22. The Bertz CT molecular complexity index is 3430. The van der Waals surface area contributed by atoms with E-state index in [-0.39, 0.29) is 11.3 Å². The summed E-state index contributed by atoms with van der Waals surface area (Å²) in [5.74, 6) is 2.24. The summed E-state index contributed by atoms with van der Waals surface area (Å²) in [4.78, 5) is 15.4. The highest BCUT2D eigenvalue weighted by molar-refractivity contribution is 7.17. The second-order valence-electron chi connectivity index (χ2n) is 15.8. The van der Waals surface area contributed by atoms with Crippen LogP contribution in [0.2, 0.25) is 0 Å². The van der Waals surface area contributed by atoms with E-state index in [1.54, 1.807) is 0 Å². The lowest BCUT2D eigenvalue weighted by Crippen LogP contribution is -2.26. The highest BCUT2D eigenvalue weighted by Crippen LogP contribution is 2.63. The number of rotatable bonds is 4. The Kier molecular flexibility index (Phi) is 6.64. The normalized spacial score (nSPS) is 15.4. The minimum Gasteiger partial charge on any atom is -0.212 e. The average Bonchev–Trinajstić information content (AvgIpc) is 3.93. The molecule has 1 unspecified atom stereocenters. The molecule has 0 saturated heterocycles. The highest BCUT2D eigenvalue weighted by atomic mass is 32.1. The number of hydrogen-bond acceptors (Lipinski definition) is 4. The van der Waals surface area contributed by atoms with Crippen LogP contribution in [-0.2, 0) is 5.41 Å². The third kappa shape index (κ3) is 4.35. The van der Waals surface area contributed by atoms with Gasteiger partial charge in [0.1, 0.15) is 5.82 Å². The van der Waals surface area contributed by atoms with Crippen molar-refractivity contribution in [3.8, 4) is 45.0 Å². The molecule has 8 aromatic carbocycles. The predicted molar refractivity (Wildman–Crippen MR) is 239 cm³/mol. The molecule has 0 N–H and O–H groups in total. The molecule has 0 aliphatic heterocycles. The smallest absolute Gasteiger partial charge is 0.163 e. The van der Waals surface area contributed by atoms with Crippen LogP contribution in [-0.4, -0.2) is 15.0 Å². The van der Waals surface area contributed by atoms with Gasteiger partial charge >= 0.3 is 0 Å². The SMILES string of the molecule is C1=c2sc3ccccc3c2=CC(c2nc(-c3ccccc3)nc(-c3ccc(-c4cccc5c4-c4ccccc4C54c5cccc6ccc7cccc4c7c56)cc3)n2)C1. The largest absolute Gasteiger partial charge is 0.212 e. The van der Waals surface area contributed by atoms with Gasteiger partial charge in [0.15, 0.2) is 11.6 Å². The lowest BCUT2D eigenvalue weighted by Gasteiger charge is -2.31. The summed E-state index contributed by atoms with van der Waals surface area (Å²) in [6.45, 7) is 0. The van der Waals surface area contributed by atoms with Gasteiger partial charge in [-0.3, -0.25) is 0 Å². The van der Waals surface area contributed by atoms with Crippen molar-refractivity contribution in [1.29, 1.82) is 0 Å². The number of thiophene rings is 1. The van der Waals surface area contributed by atoms with Gasteiger partial charge in [0, 0.05) is 26.3 Å². The highest BCUT2D eigenvalue weighted by Gasteiger charge is 2.51. The first-order valence-corrected chi connectivity index (χ1v) is 20.9. The van der Waals surface area contributed by atoms with E-state index in [2.05, 4.69) is 164 Å². The Balaban J connectivity index is 0.956. The van der Waals surface area contributed by atoms with Crippen molar-refractivity contribution in [3.05, 3.63) is 208 Å². The van der Waals surface area contributed by atoms with E-state index < -0.39 is 0 Å². The standard InChI is InChI=1S/C54H33N3S/c1-2-11-35(12-3-1)51-55-52(57-53(56-51)37-29-30-47-41(31-37)39-15-5-7-22-46(39)58-47)36-27-23-32(24-28-36)38-17-10-21-45-50(38)40-16-4-6-18-42(40)54(45)43-19-8-13-33-25-26-34-14-9-20-44(54)49(34)48(33)43/h1-28,30-31,37H,29H2. The predicted octanol–water partition coefficient (Wildman–Crippen LogP) is 11.8. The number of fused-ring (bicyclic) bond motifs is 10. The van der Waals surface area contributed by atoms with Crippen LogP contribution < -0.4 is 9.75 Å². The maximum Gasteiger partial charge on any atom is 0.163 e. The van der Waals surface area contributed by atoms with Crippen LogP contribution in [0.3, 0.4) is 0 Å². The fraction of sp³-hybridized carbons (Fsp3) is 0.0556. The molecule has 13 rings (SSSR count). The van der Waals surface area contributed by atoms with E-state index >= 15 is 0 Å². The molecule has 10 aromatic rings. The Morgan fingerprint density at radius 3 is 1.86 bits per heavy atom. The fourth-order valence-corrected chi connectivity index (χ4v) is 11.5. The van der Waals surface area contributed by atoms with Crippen molar-refractivity contribution >= 4 is 55.1 Å². The van der Waals surface area contributed by atoms with Crippen LogP contribution >= 0.6 is 11.3 Å². The van der Waals surface area contributed by atoms with Crippen molar-refractivity contribution in [3.63, 3.8) is 0 Å². The van der Waals surface area contributed by atoms with Gasteiger partial charge in [-0.15, -0.1) is 11.3 Å². The summed E-state index contributed by atoms with van der Waals surface area (Å²) in [6, 6.07) is 62.1. The molecule has 0 fully saturated rings. The first-order valence-electron chi connectivity index (χ1n) is 20.0. The summed E-state index contributed by atoms with van der Waals surface area (Å²) >= 11 is 1.86. The molecule has 3 nitrogen and oxygen atoms in total. The van der Waals surface area contributed by atoms with E-state index in [9.17, 15) is 0 Å². The molecule has 2 heterocycles. The van der Waals surface area contributed by atoms with E-state index in [0.29, 0.717) is 11.6 Å². The Labute approximate surface area is 339 Å². The zero-order valence-electron chi connectivity index (χ0n) is 31.4. The first-order chi connectivity index (χ1) is 28.7. The van der Waals surface area contributed by atoms with Crippen molar-refractivity contribution in [2.45, 2.75) is 17.8 Å². The minimum absolute atomic E-state index is 0.0479. The molecule has 0 amide bonds. The van der Waals surface area contributed by atoms with Gasteiger partial charge in [-0.25, -0.2) is 15.0 Å². The molecule has 1 spiro atoms. The van der Waals surface area contributed by atoms with E-state index in [1.807, 2.05) is 29.5 Å². The topological polar surface area (TPSA) is 38.7 Å². The summed E-state index contributed by atoms with van der Waals surface area (Å²) in [5.41, 5.74) is 12.1. The fourth-order valence-electron chi connectivity index (χ4n) is 10.4. The van der Waals surface area contributed by atoms with Gasteiger partial charge in [0.2, 0.25) is 0 Å². The van der Waals surface area contributed by atoms with Crippen LogP contribution in [0.5, 0.6) is 0 Å². The van der Waals surface area contributed by atoms with Crippen molar-refractivity contribution < 1.29 is 0 Å². The van der Waals surface area contributed by atoms with Crippen LogP contribution in [0, 0.1) is 0 Å². The van der Waals surface area contributed by atoms with Gasteiger partial charge in [0.05, 0.1) is 5.41 Å². The third-order valence-corrected chi connectivity index (χ3v) is 14.0. The number of benzene rings is 8. The molecule has 270 valence electrons. The molecular formula is C54H33N3S. The molecule has 0 radical (unpaired) electrons. The van der Waals surface area contributed by atoms with E-state index in [1.165, 1.54) is 85.9 Å². The first kappa shape index (κ1) is 32.1. The molecule has 3 aliphatic rings. The summed E-state index contributed by atoms with van der Waals surface area (Å²) < 4.78 is 2.64. The van der Waals surface area contributed by atoms with Crippen LogP contribution in [0.4, 0.5) is 0 Å². The zero-order valence-corrected chi connectivity index (χ0v) is 32.2. The van der Waals surface area contributed by atoms with Crippen LogP contribution in [0.15, 0.2) is 170 Å². The second kappa shape index (κ2) is 12.0. The molecule has 4 heteroatoms. The van der Waals surface area contributed by atoms with Gasteiger partial charge < -0.3 is 0 Å². The van der Waals surface area contributed by atoms with Gasteiger partial charge in [-0.1, -0.05) is 176 Å². The Hall–Kier alpha value is -7.01. The van der Waals surface area contributed by atoms with Crippen molar-refractivity contribution in [1.82, 2.24) is 15.0 Å². The summed E-state index contributed by atoms with van der Waals surface area (Å²) in [6.07, 6.45) is 5.58.